The number of guanidine groups is 1. The maximum Gasteiger partial charge on any atom is 0.191 e. The molecule has 2 fully saturated rings. The van der Waals surface area contributed by atoms with Crippen LogP contribution in [0.2, 0.25) is 0 Å². The predicted molar refractivity (Wildman–Crippen MR) is 110 cm³/mol. The van der Waals surface area contributed by atoms with E-state index in [1.165, 1.54) is 50.1 Å². The summed E-state index contributed by atoms with van der Waals surface area (Å²) in [5.41, 5.74) is 0. The van der Waals surface area contributed by atoms with Crippen LogP contribution in [-0.2, 0) is 6.42 Å². The van der Waals surface area contributed by atoms with E-state index in [1.54, 1.807) is 0 Å². The Morgan fingerprint density at radius 1 is 1.35 bits per heavy atom. The molecule has 6 heteroatoms. The van der Waals surface area contributed by atoms with Crippen LogP contribution in [0.1, 0.15) is 37.0 Å². The third-order valence-corrected chi connectivity index (χ3v) is 5.81. The van der Waals surface area contributed by atoms with E-state index < -0.39 is 0 Å². The Hall–Kier alpha value is -0.340. The number of hydrogen-bond acceptors (Lipinski definition) is 3. The number of nitrogens with zero attached hydrogens (tertiary/aromatic N) is 2. The van der Waals surface area contributed by atoms with Gasteiger partial charge in [0.2, 0.25) is 0 Å². The summed E-state index contributed by atoms with van der Waals surface area (Å²) >= 11 is 1.82. The molecule has 1 aromatic rings. The summed E-state index contributed by atoms with van der Waals surface area (Å²) in [4.78, 5) is 8.48. The number of hydrogen-bond donors (Lipinski definition) is 2. The Labute approximate surface area is 161 Å². The summed E-state index contributed by atoms with van der Waals surface area (Å²) in [6.07, 6.45) is 7.96. The van der Waals surface area contributed by atoms with Gasteiger partial charge in [-0.15, -0.1) is 35.3 Å². The quantitative estimate of drug-likeness (QED) is 0.413. The lowest BCUT2D eigenvalue weighted by Gasteiger charge is -2.24. The smallest absolute Gasteiger partial charge is 0.191 e. The number of halogens is 1. The Balaban J connectivity index is 0.00000192. The first-order valence-electron chi connectivity index (χ1n) is 8.59. The molecule has 1 atom stereocenters. The van der Waals surface area contributed by atoms with E-state index in [9.17, 15) is 0 Å². The number of likely N-dealkylation sites (tertiary alicyclic amines) is 1. The molecule has 1 saturated heterocycles. The molecule has 1 aromatic heterocycles. The van der Waals surface area contributed by atoms with Crippen molar-refractivity contribution in [2.24, 2.45) is 4.99 Å². The van der Waals surface area contributed by atoms with E-state index in [-0.39, 0.29) is 24.0 Å². The van der Waals surface area contributed by atoms with Crippen LogP contribution in [-0.4, -0.2) is 49.6 Å². The Bertz CT molecular complexity index is 471. The maximum atomic E-state index is 4.37. The van der Waals surface area contributed by atoms with Gasteiger partial charge in [-0.3, -0.25) is 9.89 Å². The summed E-state index contributed by atoms with van der Waals surface area (Å²) in [5.74, 6) is 0.954. The first-order valence-corrected chi connectivity index (χ1v) is 9.47. The van der Waals surface area contributed by atoms with Gasteiger partial charge in [0, 0.05) is 43.6 Å². The predicted octanol–water partition coefficient (Wildman–Crippen LogP) is 3.09. The van der Waals surface area contributed by atoms with E-state index in [4.69, 9.17) is 0 Å². The molecular weight excluding hydrogens is 419 g/mol. The normalized spacial score (nSPS) is 23.0. The van der Waals surface area contributed by atoms with Crippen molar-refractivity contribution in [3.63, 3.8) is 0 Å². The number of nitrogens with one attached hydrogen (secondary N) is 2. The molecule has 2 heterocycles. The second-order valence-electron chi connectivity index (χ2n) is 6.39. The number of rotatable bonds is 5. The topological polar surface area (TPSA) is 39.7 Å². The van der Waals surface area contributed by atoms with Gasteiger partial charge in [-0.2, -0.15) is 0 Å². The second kappa shape index (κ2) is 9.84. The fourth-order valence-corrected chi connectivity index (χ4v) is 4.36. The standard InChI is InChI=1S/C17H28N4S.HI/c1-18-17(19-10-8-16-7-4-12-22-16)20-14-9-11-21(13-14)15-5-2-3-6-15;/h4,7,12,14-15H,2-3,5-6,8-11,13H2,1H3,(H2,18,19,20);1H. The van der Waals surface area contributed by atoms with Crippen LogP contribution in [0.25, 0.3) is 0 Å². The van der Waals surface area contributed by atoms with Crippen LogP contribution in [0, 0.1) is 0 Å². The largest absolute Gasteiger partial charge is 0.356 e. The van der Waals surface area contributed by atoms with Crippen molar-refractivity contribution < 1.29 is 0 Å². The van der Waals surface area contributed by atoms with Gasteiger partial charge in [0.1, 0.15) is 0 Å². The molecule has 3 rings (SSSR count). The summed E-state index contributed by atoms with van der Waals surface area (Å²) in [7, 11) is 1.87. The molecule has 130 valence electrons. The molecule has 1 unspecified atom stereocenters. The lowest BCUT2D eigenvalue weighted by molar-refractivity contribution is 0.242. The molecule has 0 spiro atoms. The van der Waals surface area contributed by atoms with Gasteiger partial charge in [-0.25, -0.2) is 0 Å². The summed E-state index contributed by atoms with van der Waals surface area (Å²) in [6.45, 7) is 3.37. The summed E-state index contributed by atoms with van der Waals surface area (Å²) in [5, 5.41) is 9.18. The van der Waals surface area contributed by atoms with Crippen LogP contribution in [0.3, 0.4) is 0 Å². The van der Waals surface area contributed by atoms with E-state index in [0.29, 0.717) is 6.04 Å². The molecule has 4 nitrogen and oxygen atoms in total. The van der Waals surface area contributed by atoms with Crippen LogP contribution < -0.4 is 10.6 Å². The molecule has 0 aromatic carbocycles. The van der Waals surface area contributed by atoms with E-state index in [2.05, 4.69) is 38.0 Å². The zero-order chi connectivity index (χ0) is 15.2. The lowest BCUT2D eigenvalue weighted by Crippen LogP contribution is -2.45. The Morgan fingerprint density at radius 2 is 2.17 bits per heavy atom. The van der Waals surface area contributed by atoms with Crippen LogP contribution in [0.5, 0.6) is 0 Å². The van der Waals surface area contributed by atoms with Gasteiger partial charge >= 0.3 is 0 Å². The Kier molecular flexibility index (Phi) is 8.12. The minimum atomic E-state index is 0. The lowest BCUT2D eigenvalue weighted by atomic mass is 10.2. The highest BCUT2D eigenvalue weighted by atomic mass is 127. The van der Waals surface area contributed by atoms with Gasteiger partial charge < -0.3 is 10.6 Å². The molecule has 1 aliphatic carbocycles. The molecule has 1 saturated carbocycles. The monoisotopic (exact) mass is 448 g/mol. The van der Waals surface area contributed by atoms with E-state index in [1.807, 2.05) is 18.4 Å². The molecule has 2 aliphatic rings. The van der Waals surface area contributed by atoms with Gasteiger partial charge in [0.05, 0.1) is 0 Å². The van der Waals surface area contributed by atoms with Gasteiger partial charge in [0.15, 0.2) is 5.96 Å². The number of aliphatic imine (C=N–C) groups is 1. The van der Waals surface area contributed by atoms with Crippen LogP contribution >= 0.6 is 35.3 Å². The molecule has 1 aliphatic heterocycles. The van der Waals surface area contributed by atoms with Crippen LogP contribution in [0.4, 0.5) is 0 Å². The minimum Gasteiger partial charge on any atom is -0.356 e. The SMILES string of the molecule is CN=C(NCCc1cccs1)NC1CCN(C2CCCC2)C1.I. The number of thiophene rings is 1. The highest BCUT2D eigenvalue weighted by molar-refractivity contribution is 14.0. The highest BCUT2D eigenvalue weighted by Crippen LogP contribution is 2.26. The van der Waals surface area contributed by atoms with Crippen LogP contribution in [0.15, 0.2) is 22.5 Å². The van der Waals surface area contributed by atoms with Crippen molar-refractivity contribution in [1.29, 1.82) is 0 Å². The first-order chi connectivity index (χ1) is 10.8. The molecular formula is C17H29IN4S. The summed E-state index contributed by atoms with van der Waals surface area (Å²) < 4.78 is 0. The Morgan fingerprint density at radius 3 is 2.87 bits per heavy atom. The molecule has 0 amide bonds. The van der Waals surface area contributed by atoms with Crippen molar-refractivity contribution in [3.05, 3.63) is 22.4 Å². The molecule has 0 radical (unpaired) electrons. The third kappa shape index (κ3) is 5.60. The fourth-order valence-electron chi connectivity index (χ4n) is 3.65. The molecule has 0 bridgehead atoms. The van der Waals surface area contributed by atoms with Gasteiger partial charge in [-0.1, -0.05) is 18.9 Å². The van der Waals surface area contributed by atoms with Crippen molar-refractivity contribution in [2.45, 2.75) is 50.6 Å². The summed E-state index contributed by atoms with van der Waals surface area (Å²) in [6, 6.07) is 5.71. The van der Waals surface area contributed by atoms with Gasteiger partial charge in [-0.05, 0) is 37.1 Å². The van der Waals surface area contributed by atoms with Crippen molar-refractivity contribution in [3.8, 4) is 0 Å². The third-order valence-electron chi connectivity index (χ3n) is 4.87. The highest BCUT2D eigenvalue weighted by Gasteiger charge is 2.30. The van der Waals surface area contributed by atoms with Crippen molar-refractivity contribution >= 4 is 41.3 Å². The van der Waals surface area contributed by atoms with Crippen molar-refractivity contribution in [1.82, 2.24) is 15.5 Å². The maximum absolute atomic E-state index is 4.37. The van der Waals surface area contributed by atoms with E-state index >= 15 is 0 Å². The van der Waals surface area contributed by atoms with Gasteiger partial charge in [0.25, 0.3) is 0 Å². The minimum absolute atomic E-state index is 0. The second-order valence-corrected chi connectivity index (χ2v) is 7.42. The zero-order valence-electron chi connectivity index (χ0n) is 14.0. The fraction of sp³-hybridized carbons (Fsp3) is 0.706. The zero-order valence-corrected chi connectivity index (χ0v) is 17.1. The van der Waals surface area contributed by atoms with Crippen molar-refractivity contribution in [2.75, 3.05) is 26.7 Å². The average molecular weight is 448 g/mol. The molecule has 23 heavy (non-hydrogen) atoms. The average Bonchev–Trinajstić information content (AvgIpc) is 3.27. The first kappa shape index (κ1) is 19.0. The molecule has 2 N–H and O–H groups in total. The van der Waals surface area contributed by atoms with E-state index in [0.717, 1.165) is 25.0 Å².